The number of nitrogens with zero attached hydrogens (tertiary/aromatic N) is 2. The van der Waals surface area contributed by atoms with E-state index in [9.17, 15) is 13.2 Å². The van der Waals surface area contributed by atoms with Gasteiger partial charge in [0.25, 0.3) is 0 Å². The van der Waals surface area contributed by atoms with Crippen molar-refractivity contribution in [2.24, 2.45) is 5.92 Å². The lowest BCUT2D eigenvalue weighted by Crippen LogP contribution is -2.44. The normalized spacial score (nSPS) is 18.2. The number of para-hydroxylation sites is 1. The maximum atomic E-state index is 13.0. The Balaban J connectivity index is 1.39. The van der Waals surface area contributed by atoms with Crippen LogP contribution in [0.15, 0.2) is 48.5 Å². The average Bonchev–Trinajstić information content (AvgIpc) is 3.13. The molecule has 1 saturated heterocycles. The highest BCUT2D eigenvalue weighted by atomic mass is 35.5. The number of carbonyl (C=O) groups excluding carboxylic acids is 1. The molecule has 0 atom stereocenters. The van der Waals surface area contributed by atoms with Gasteiger partial charge < -0.3 is 4.90 Å². The van der Waals surface area contributed by atoms with Crippen molar-refractivity contribution in [3.05, 3.63) is 64.7 Å². The molecule has 2 aliphatic rings. The Labute approximate surface area is 171 Å². The Bertz CT molecular complexity index is 985. The van der Waals surface area contributed by atoms with Crippen molar-refractivity contribution in [1.82, 2.24) is 4.31 Å². The molecule has 2 aromatic carbocycles. The highest BCUT2D eigenvalue weighted by Crippen LogP contribution is 2.31. The summed E-state index contributed by atoms with van der Waals surface area (Å²) in [6, 6.07) is 15.0. The Hall–Kier alpha value is -1.89. The molecule has 148 valence electrons. The molecule has 0 spiro atoms. The minimum atomic E-state index is -3.45. The van der Waals surface area contributed by atoms with Crippen LogP contribution in [0.2, 0.25) is 5.02 Å². The number of piperidine rings is 1. The second-order valence-corrected chi connectivity index (χ2v) is 9.77. The maximum absolute atomic E-state index is 13.0. The summed E-state index contributed by atoms with van der Waals surface area (Å²) in [5, 5.41) is 0.462. The molecule has 2 aliphatic heterocycles. The highest BCUT2D eigenvalue weighted by Gasteiger charge is 2.35. The lowest BCUT2D eigenvalue weighted by Gasteiger charge is -2.32. The van der Waals surface area contributed by atoms with E-state index in [-0.39, 0.29) is 17.6 Å². The molecule has 2 aromatic rings. The van der Waals surface area contributed by atoms with E-state index in [0.29, 0.717) is 43.1 Å². The minimum absolute atomic E-state index is 0.106. The summed E-state index contributed by atoms with van der Waals surface area (Å²) in [5.41, 5.74) is 2.81. The molecule has 28 heavy (non-hydrogen) atoms. The summed E-state index contributed by atoms with van der Waals surface area (Å²) < 4.78 is 27.0. The Morgan fingerprint density at radius 1 is 1.00 bits per heavy atom. The first-order chi connectivity index (χ1) is 13.5. The molecule has 7 heteroatoms. The number of halogens is 1. The molecule has 0 N–H and O–H groups in total. The summed E-state index contributed by atoms with van der Waals surface area (Å²) in [6.45, 7) is 1.46. The summed E-state index contributed by atoms with van der Waals surface area (Å²) in [7, 11) is -3.45. The topological polar surface area (TPSA) is 57.7 Å². The molecular formula is C21H23ClN2O3S. The Morgan fingerprint density at radius 2 is 1.68 bits per heavy atom. The van der Waals surface area contributed by atoms with Crippen LogP contribution in [0, 0.1) is 5.92 Å². The predicted molar refractivity (Wildman–Crippen MR) is 111 cm³/mol. The van der Waals surface area contributed by atoms with Gasteiger partial charge in [0.2, 0.25) is 15.9 Å². The zero-order chi connectivity index (χ0) is 19.7. The van der Waals surface area contributed by atoms with Crippen molar-refractivity contribution in [2.45, 2.75) is 25.0 Å². The van der Waals surface area contributed by atoms with Gasteiger partial charge in [0.05, 0.1) is 5.75 Å². The van der Waals surface area contributed by atoms with Crippen LogP contribution in [0.5, 0.6) is 0 Å². The van der Waals surface area contributed by atoms with Gasteiger partial charge in [0.1, 0.15) is 0 Å². The molecule has 0 aliphatic carbocycles. The van der Waals surface area contributed by atoms with Crippen molar-refractivity contribution >= 4 is 33.2 Å². The molecule has 2 heterocycles. The fourth-order valence-corrected chi connectivity index (χ4v) is 5.95. The van der Waals surface area contributed by atoms with Crippen LogP contribution < -0.4 is 4.90 Å². The van der Waals surface area contributed by atoms with Gasteiger partial charge in [-0.3, -0.25) is 4.79 Å². The zero-order valence-corrected chi connectivity index (χ0v) is 17.1. The first kappa shape index (κ1) is 19.4. The van der Waals surface area contributed by atoms with Gasteiger partial charge in [-0.05, 0) is 42.5 Å². The van der Waals surface area contributed by atoms with Crippen molar-refractivity contribution in [3.63, 3.8) is 0 Å². The van der Waals surface area contributed by atoms with E-state index in [1.807, 2.05) is 23.1 Å². The number of hydrogen-bond donors (Lipinski definition) is 0. The van der Waals surface area contributed by atoms with Crippen LogP contribution in [0.1, 0.15) is 24.0 Å². The average molecular weight is 419 g/mol. The number of rotatable bonds is 4. The molecule has 4 rings (SSSR count). The molecule has 0 radical (unpaired) electrons. The summed E-state index contributed by atoms with van der Waals surface area (Å²) in [5.74, 6) is -0.115. The smallest absolute Gasteiger partial charge is 0.230 e. The van der Waals surface area contributed by atoms with Gasteiger partial charge in [-0.15, -0.1) is 0 Å². The summed E-state index contributed by atoms with van der Waals surface area (Å²) >= 11 is 6.11. The van der Waals surface area contributed by atoms with E-state index >= 15 is 0 Å². The summed E-state index contributed by atoms with van der Waals surface area (Å²) in [4.78, 5) is 14.9. The lowest BCUT2D eigenvalue weighted by atomic mass is 9.96. The van der Waals surface area contributed by atoms with Gasteiger partial charge in [-0.2, -0.15) is 0 Å². The summed E-state index contributed by atoms with van der Waals surface area (Å²) in [6.07, 6.45) is 1.99. The molecule has 0 saturated carbocycles. The number of benzene rings is 2. The second kappa shape index (κ2) is 7.85. The first-order valence-corrected chi connectivity index (χ1v) is 11.5. The molecule has 1 amide bonds. The highest BCUT2D eigenvalue weighted by molar-refractivity contribution is 7.88. The van der Waals surface area contributed by atoms with E-state index in [1.165, 1.54) is 9.87 Å². The van der Waals surface area contributed by atoms with Crippen LogP contribution in [-0.4, -0.2) is 38.3 Å². The number of carbonyl (C=O) groups is 1. The zero-order valence-electron chi connectivity index (χ0n) is 15.6. The quantitative estimate of drug-likeness (QED) is 0.763. The third-order valence-corrected chi connectivity index (χ3v) is 7.84. The number of amides is 1. The fourth-order valence-electron chi connectivity index (χ4n) is 4.07. The van der Waals surface area contributed by atoms with Crippen LogP contribution in [0.3, 0.4) is 0 Å². The van der Waals surface area contributed by atoms with Crippen molar-refractivity contribution in [2.75, 3.05) is 24.5 Å². The van der Waals surface area contributed by atoms with Gasteiger partial charge in [-0.1, -0.05) is 48.0 Å². The van der Waals surface area contributed by atoms with Gasteiger partial charge in [0, 0.05) is 36.3 Å². The number of fused-ring (bicyclic) bond motifs is 1. The van der Waals surface area contributed by atoms with Crippen molar-refractivity contribution < 1.29 is 13.2 Å². The van der Waals surface area contributed by atoms with Crippen molar-refractivity contribution in [1.29, 1.82) is 0 Å². The largest absolute Gasteiger partial charge is 0.312 e. The molecular weight excluding hydrogens is 396 g/mol. The van der Waals surface area contributed by atoms with E-state index in [4.69, 9.17) is 11.6 Å². The maximum Gasteiger partial charge on any atom is 0.230 e. The number of hydrogen-bond acceptors (Lipinski definition) is 3. The predicted octanol–water partition coefficient (Wildman–Crippen LogP) is 3.47. The lowest BCUT2D eigenvalue weighted by molar-refractivity contribution is -0.123. The Morgan fingerprint density at radius 3 is 2.43 bits per heavy atom. The molecule has 0 aromatic heterocycles. The van der Waals surface area contributed by atoms with E-state index < -0.39 is 10.0 Å². The van der Waals surface area contributed by atoms with Crippen molar-refractivity contribution in [3.8, 4) is 0 Å². The van der Waals surface area contributed by atoms with Gasteiger partial charge in [0.15, 0.2) is 0 Å². The van der Waals surface area contributed by atoms with Crippen LogP contribution in [-0.2, 0) is 27.0 Å². The number of anilines is 1. The van der Waals surface area contributed by atoms with E-state index in [1.54, 1.807) is 24.3 Å². The monoisotopic (exact) mass is 418 g/mol. The third kappa shape index (κ3) is 3.81. The van der Waals surface area contributed by atoms with Gasteiger partial charge >= 0.3 is 0 Å². The third-order valence-electron chi connectivity index (χ3n) is 5.65. The molecule has 0 unspecified atom stereocenters. The molecule has 5 nitrogen and oxygen atoms in total. The number of sulfonamides is 1. The molecule has 0 bridgehead atoms. The molecule has 1 fully saturated rings. The fraction of sp³-hybridized carbons (Fsp3) is 0.381. The standard InChI is InChI=1S/C21H23ClN2O3S/c22-19-7-3-1-6-18(19)15-28(26,27)23-12-9-17(10-13-23)21(25)24-14-11-16-5-2-4-8-20(16)24/h1-8,17H,9-15H2. The SMILES string of the molecule is O=C(C1CCN(S(=O)(=O)Cc2ccccc2Cl)CC1)N1CCc2ccccc21. The van der Waals surface area contributed by atoms with Crippen LogP contribution in [0.25, 0.3) is 0 Å². The Kier molecular flexibility index (Phi) is 5.45. The van der Waals surface area contributed by atoms with Crippen LogP contribution >= 0.6 is 11.6 Å². The minimum Gasteiger partial charge on any atom is -0.312 e. The second-order valence-electron chi connectivity index (χ2n) is 7.39. The van der Waals surface area contributed by atoms with E-state index in [2.05, 4.69) is 6.07 Å². The van der Waals surface area contributed by atoms with Crippen LogP contribution in [0.4, 0.5) is 5.69 Å². The first-order valence-electron chi connectivity index (χ1n) is 9.56. The van der Waals surface area contributed by atoms with E-state index in [0.717, 1.165) is 12.1 Å². The van der Waals surface area contributed by atoms with Gasteiger partial charge in [-0.25, -0.2) is 12.7 Å².